The fraction of sp³-hybridized carbons (Fsp3) is 0.444. The topological polar surface area (TPSA) is 12.0 Å². The molecule has 1 atom stereocenters. The van der Waals surface area contributed by atoms with Gasteiger partial charge in [0.25, 0.3) is 0 Å². The lowest BCUT2D eigenvalue weighted by molar-refractivity contribution is 0.504. The van der Waals surface area contributed by atoms with Crippen LogP contribution in [0.2, 0.25) is 0 Å². The van der Waals surface area contributed by atoms with Crippen molar-refractivity contribution in [2.45, 2.75) is 39.2 Å². The lowest BCUT2D eigenvalue weighted by atomic mass is 10.0. The lowest BCUT2D eigenvalue weighted by Crippen LogP contribution is -2.21. The molecule has 0 bridgehead atoms. The van der Waals surface area contributed by atoms with E-state index in [0.29, 0.717) is 6.04 Å². The molecular weight excluding hydrogens is 262 g/mol. The predicted octanol–water partition coefficient (Wildman–Crippen LogP) is 5.04. The van der Waals surface area contributed by atoms with Gasteiger partial charge in [0, 0.05) is 15.8 Å². The van der Waals surface area contributed by atoms with E-state index in [0.717, 1.165) is 18.9 Å². The number of thiophene rings is 1. The van der Waals surface area contributed by atoms with Gasteiger partial charge in [0.15, 0.2) is 0 Å². The summed E-state index contributed by atoms with van der Waals surface area (Å²) in [5.74, 6) is 0.864. The van der Waals surface area contributed by atoms with Crippen molar-refractivity contribution in [2.24, 2.45) is 5.92 Å². The van der Waals surface area contributed by atoms with Crippen LogP contribution in [0.4, 0.5) is 0 Å². The number of rotatable bonds is 6. The molecule has 106 valence electrons. The minimum atomic E-state index is 0.576. The Hall–Kier alpha value is -1.12. The van der Waals surface area contributed by atoms with Gasteiger partial charge in [-0.15, -0.1) is 11.3 Å². The average molecular weight is 285 g/mol. The molecule has 2 aromatic rings. The predicted molar refractivity (Wildman–Crippen MR) is 88.3 cm³/mol. The average Bonchev–Trinajstić information content (AvgIpc) is 3.21. The summed E-state index contributed by atoms with van der Waals surface area (Å²) in [4.78, 5) is 2.93. The first kappa shape index (κ1) is 13.8. The van der Waals surface area contributed by atoms with E-state index in [4.69, 9.17) is 0 Å². The first-order valence-corrected chi connectivity index (χ1v) is 8.56. The SMILES string of the molecule is CCNC(c1ccc(-c2ccccc2CC)s1)C1CC1. The molecule has 1 N–H and O–H groups in total. The smallest absolute Gasteiger partial charge is 0.0443 e. The van der Waals surface area contributed by atoms with Crippen LogP contribution in [0.25, 0.3) is 10.4 Å². The van der Waals surface area contributed by atoms with Crippen LogP contribution < -0.4 is 5.32 Å². The number of aryl methyl sites for hydroxylation is 1. The molecule has 1 aliphatic rings. The third-order valence-corrected chi connectivity index (χ3v) is 5.32. The summed E-state index contributed by atoms with van der Waals surface area (Å²) in [5, 5.41) is 3.66. The van der Waals surface area contributed by atoms with Gasteiger partial charge in [-0.05, 0) is 55.0 Å². The highest BCUT2D eigenvalue weighted by molar-refractivity contribution is 7.15. The molecule has 0 spiro atoms. The maximum atomic E-state index is 3.66. The van der Waals surface area contributed by atoms with E-state index in [1.54, 1.807) is 0 Å². The number of hydrogen-bond acceptors (Lipinski definition) is 2. The summed E-state index contributed by atoms with van der Waals surface area (Å²) >= 11 is 1.97. The van der Waals surface area contributed by atoms with Gasteiger partial charge in [0.1, 0.15) is 0 Å². The molecule has 1 saturated carbocycles. The molecule has 0 aliphatic heterocycles. The van der Waals surface area contributed by atoms with Crippen LogP contribution in [0.3, 0.4) is 0 Å². The quantitative estimate of drug-likeness (QED) is 0.784. The molecule has 0 amide bonds. The summed E-state index contributed by atoms with van der Waals surface area (Å²) in [6.45, 7) is 5.50. The van der Waals surface area contributed by atoms with Gasteiger partial charge in [-0.3, -0.25) is 0 Å². The van der Waals surface area contributed by atoms with E-state index in [-0.39, 0.29) is 0 Å². The van der Waals surface area contributed by atoms with Crippen molar-refractivity contribution in [1.29, 1.82) is 0 Å². The summed E-state index contributed by atoms with van der Waals surface area (Å²) in [6.07, 6.45) is 3.87. The normalized spacial score (nSPS) is 16.3. The Balaban J connectivity index is 1.89. The van der Waals surface area contributed by atoms with Crippen LogP contribution in [0.15, 0.2) is 36.4 Å². The molecule has 0 radical (unpaired) electrons. The summed E-state index contributed by atoms with van der Waals surface area (Å²) in [6, 6.07) is 14.0. The van der Waals surface area contributed by atoms with Crippen LogP contribution >= 0.6 is 11.3 Å². The fourth-order valence-electron chi connectivity index (χ4n) is 2.88. The zero-order chi connectivity index (χ0) is 13.9. The monoisotopic (exact) mass is 285 g/mol. The highest BCUT2D eigenvalue weighted by Crippen LogP contribution is 2.44. The van der Waals surface area contributed by atoms with E-state index >= 15 is 0 Å². The van der Waals surface area contributed by atoms with Crippen LogP contribution in [0.5, 0.6) is 0 Å². The Bertz CT molecular complexity index is 568. The van der Waals surface area contributed by atoms with Crippen LogP contribution in [-0.4, -0.2) is 6.54 Å². The second-order valence-corrected chi connectivity index (χ2v) is 6.70. The molecular formula is C18H23NS. The second-order valence-electron chi connectivity index (χ2n) is 5.59. The number of nitrogens with one attached hydrogen (secondary N) is 1. The van der Waals surface area contributed by atoms with Gasteiger partial charge in [-0.1, -0.05) is 38.1 Å². The molecule has 2 heteroatoms. The Labute approximate surface area is 126 Å². The Morgan fingerprint density at radius 2 is 1.95 bits per heavy atom. The Morgan fingerprint density at radius 3 is 2.65 bits per heavy atom. The van der Waals surface area contributed by atoms with E-state index < -0.39 is 0 Å². The van der Waals surface area contributed by atoms with Gasteiger partial charge in [0.2, 0.25) is 0 Å². The Morgan fingerprint density at radius 1 is 1.15 bits per heavy atom. The third kappa shape index (κ3) is 2.82. The summed E-state index contributed by atoms with van der Waals surface area (Å²) in [5.41, 5.74) is 2.87. The first-order valence-electron chi connectivity index (χ1n) is 7.74. The van der Waals surface area contributed by atoms with Crippen molar-refractivity contribution in [3.8, 4) is 10.4 Å². The van der Waals surface area contributed by atoms with Crippen molar-refractivity contribution in [1.82, 2.24) is 5.32 Å². The van der Waals surface area contributed by atoms with Gasteiger partial charge in [-0.25, -0.2) is 0 Å². The molecule has 1 nitrogen and oxygen atoms in total. The van der Waals surface area contributed by atoms with Crippen LogP contribution in [0.1, 0.15) is 43.2 Å². The standard InChI is InChI=1S/C18H23NS/c1-3-13-7-5-6-8-15(13)16-11-12-17(20-16)18(19-4-2)14-9-10-14/h5-8,11-12,14,18-19H,3-4,9-10H2,1-2H3. The molecule has 20 heavy (non-hydrogen) atoms. The third-order valence-electron chi connectivity index (χ3n) is 4.11. The van der Waals surface area contributed by atoms with Crippen molar-refractivity contribution in [3.63, 3.8) is 0 Å². The van der Waals surface area contributed by atoms with Gasteiger partial charge < -0.3 is 5.32 Å². The number of hydrogen-bond donors (Lipinski definition) is 1. The Kier molecular flexibility index (Phi) is 4.23. The maximum Gasteiger partial charge on any atom is 0.0443 e. The van der Waals surface area contributed by atoms with Crippen molar-refractivity contribution >= 4 is 11.3 Å². The maximum absolute atomic E-state index is 3.66. The minimum Gasteiger partial charge on any atom is -0.309 e. The highest BCUT2D eigenvalue weighted by atomic mass is 32.1. The van der Waals surface area contributed by atoms with E-state index in [9.17, 15) is 0 Å². The summed E-state index contributed by atoms with van der Waals surface area (Å²) in [7, 11) is 0. The largest absolute Gasteiger partial charge is 0.309 e. The number of benzene rings is 1. The zero-order valence-electron chi connectivity index (χ0n) is 12.4. The van der Waals surface area contributed by atoms with E-state index in [2.05, 4.69) is 55.6 Å². The molecule has 1 fully saturated rings. The van der Waals surface area contributed by atoms with Gasteiger partial charge in [-0.2, -0.15) is 0 Å². The minimum absolute atomic E-state index is 0.576. The molecule has 1 aromatic heterocycles. The van der Waals surface area contributed by atoms with Crippen LogP contribution in [0, 0.1) is 5.92 Å². The van der Waals surface area contributed by atoms with Crippen molar-refractivity contribution in [3.05, 3.63) is 46.8 Å². The van der Waals surface area contributed by atoms with E-state index in [1.807, 2.05) is 11.3 Å². The fourth-order valence-corrected chi connectivity index (χ4v) is 4.12. The molecule has 1 aliphatic carbocycles. The zero-order valence-corrected chi connectivity index (χ0v) is 13.2. The van der Waals surface area contributed by atoms with Gasteiger partial charge in [0.05, 0.1) is 0 Å². The second kappa shape index (κ2) is 6.11. The molecule has 1 heterocycles. The lowest BCUT2D eigenvalue weighted by Gasteiger charge is -2.15. The van der Waals surface area contributed by atoms with Crippen molar-refractivity contribution in [2.75, 3.05) is 6.54 Å². The van der Waals surface area contributed by atoms with Gasteiger partial charge >= 0.3 is 0 Å². The molecule has 1 aromatic carbocycles. The molecule has 3 rings (SSSR count). The molecule has 0 saturated heterocycles. The highest BCUT2D eigenvalue weighted by Gasteiger charge is 2.32. The van der Waals surface area contributed by atoms with E-state index in [1.165, 1.54) is 33.7 Å². The first-order chi connectivity index (χ1) is 9.83. The molecule has 1 unspecified atom stereocenters. The van der Waals surface area contributed by atoms with Crippen molar-refractivity contribution < 1.29 is 0 Å². The summed E-state index contributed by atoms with van der Waals surface area (Å²) < 4.78 is 0. The van der Waals surface area contributed by atoms with Crippen LogP contribution in [-0.2, 0) is 6.42 Å².